The quantitative estimate of drug-likeness (QED) is 0.197. The van der Waals surface area contributed by atoms with Crippen LogP contribution in [0.25, 0.3) is 0 Å². The molecule has 0 spiro atoms. The second-order valence-electron chi connectivity index (χ2n) is 1.89. The number of rotatable bonds is 3. The van der Waals surface area contributed by atoms with Crippen molar-refractivity contribution in [1.29, 1.82) is 0 Å². The molecule has 0 atom stereocenters. The first-order valence-corrected chi connectivity index (χ1v) is 2.88. The van der Waals surface area contributed by atoms with E-state index in [0.717, 1.165) is 0 Å². The Hall–Kier alpha value is -1.24. The molecule has 0 aliphatic rings. The average molecular weight is 176 g/mol. The Bertz CT molecular complexity index is 206. The Labute approximate surface area is 67.7 Å². The molecule has 12 heavy (non-hydrogen) atoms. The highest BCUT2D eigenvalue weighted by molar-refractivity contribution is 5.94. The lowest BCUT2D eigenvalue weighted by atomic mass is 10.3. The van der Waals surface area contributed by atoms with Crippen molar-refractivity contribution in [2.75, 3.05) is 6.61 Å². The number of aliphatic hydroxyl groups excluding tert-OH is 1. The summed E-state index contributed by atoms with van der Waals surface area (Å²) in [6, 6.07) is 0. The van der Waals surface area contributed by atoms with Crippen LogP contribution in [0.1, 0.15) is 0 Å². The lowest BCUT2D eigenvalue weighted by Gasteiger charge is -2.14. The topological polar surface area (TPSA) is 104 Å². The Morgan fingerprint density at radius 1 is 1.50 bits per heavy atom. The van der Waals surface area contributed by atoms with E-state index >= 15 is 0 Å². The van der Waals surface area contributed by atoms with E-state index in [0.29, 0.717) is 6.08 Å². The van der Waals surface area contributed by atoms with Gasteiger partial charge in [-0.05, 0) is 0 Å². The number of ether oxygens (including phenoxy) is 1. The number of hydrogen-bond acceptors (Lipinski definition) is 6. The van der Waals surface area contributed by atoms with Gasteiger partial charge in [0.2, 0.25) is 0 Å². The zero-order chi connectivity index (χ0) is 9.78. The molecule has 68 valence electrons. The van der Waals surface area contributed by atoms with Crippen LogP contribution in [-0.4, -0.2) is 39.7 Å². The van der Waals surface area contributed by atoms with Gasteiger partial charge in [0, 0.05) is 6.08 Å². The van der Waals surface area contributed by atoms with Gasteiger partial charge in [-0.2, -0.15) is 0 Å². The van der Waals surface area contributed by atoms with Gasteiger partial charge in [0.05, 0.1) is 0 Å². The van der Waals surface area contributed by atoms with Crippen molar-refractivity contribution in [2.45, 2.75) is 5.79 Å². The normalized spacial score (nSPS) is 10.6. The van der Waals surface area contributed by atoms with Crippen LogP contribution in [-0.2, 0) is 14.3 Å². The molecule has 0 saturated carbocycles. The molecule has 3 N–H and O–H groups in total. The van der Waals surface area contributed by atoms with Crippen molar-refractivity contribution in [3.63, 3.8) is 0 Å². The van der Waals surface area contributed by atoms with Gasteiger partial charge in [-0.15, -0.1) is 0 Å². The second kappa shape index (κ2) is 3.96. The summed E-state index contributed by atoms with van der Waals surface area (Å²) in [7, 11) is 0. The standard InChI is InChI=1S/C6H8O6/c1-2-4(8)12-5(9)6(10,11)3-7/h2,7,10-11H,1,3H2. The monoisotopic (exact) mass is 176 g/mol. The van der Waals surface area contributed by atoms with Crippen molar-refractivity contribution < 1.29 is 29.6 Å². The van der Waals surface area contributed by atoms with Crippen molar-refractivity contribution in [2.24, 2.45) is 0 Å². The third-order valence-corrected chi connectivity index (χ3v) is 0.907. The molecule has 0 saturated heterocycles. The maximum atomic E-state index is 10.5. The van der Waals surface area contributed by atoms with E-state index in [9.17, 15) is 9.59 Å². The molecule has 0 aliphatic carbocycles. The van der Waals surface area contributed by atoms with E-state index in [2.05, 4.69) is 11.3 Å². The summed E-state index contributed by atoms with van der Waals surface area (Å²) in [6.07, 6.45) is 0.672. The van der Waals surface area contributed by atoms with Crippen molar-refractivity contribution in [1.82, 2.24) is 0 Å². The molecule has 0 fully saturated rings. The van der Waals surface area contributed by atoms with Crippen LogP contribution in [0.3, 0.4) is 0 Å². The number of esters is 2. The molecule has 6 heteroatoms. The summed E-state index contributed by atoms with van der Waals surface area (Å²) in [6.45, 7) is 1.72. The van der Waals surface area contributed by atoms with Gasteiger partial charge in [-0.1, -0.05) is 6.58 Å². The van der Waals surface area contributed by atoms with Gasteiger partial charge < -0.3 is 20.1 Å². The highest BCUT2D eigenvalue weighted by Crippen LogP contribution is 2.00. The fraction of sp³-hybridized carbons (Fsp3) is 0.333. The highest BCUT2D eigenvalue weighted by atomic mass is 16.6. The Balaban J connectivity index is 4.22. The molecule has 0 heterocycles. The van der Waals surface area contributed by atoms with Crippen LogP contribution in [0.4, 0.5) is 0 Å². The number of carbonyl (C=O) groups excluding carboxylic acids is 2. The molecule has 0 bridgehead atoms. The van der Waals surface area contributed by atoms with E-state index in [4.69, 9.17) is 15.3 Å². The lowest BCUT2D eigenvalue weighted by Crippen LogP contribution is -2.44. The number of hydrogen-bond donors (Lipinski definition) is 3. The predicted molar refractivity (Wildman–Crippen MR) is 35.6 cm³/mol. The highest BCUT2D eigenvalue weighted by Gasteiger charge is 2.35. The van der Waals surface area contributed by atoms with Crippen LogP contribution in [0.2, 0.25) is 0 Å². The number of aliphatic hydroxyl groups is 3. The summed E-state index contributed by atoms with van der Waals surface area (Å²) >= 11 is 0. The molecule has 0 amide bonds. The first-order valence-electron chi connectivity index (χ1n) is 2.88. The zero-order valence-corrected chi connectivity index (χ0v) is 6.06. The Morgan fingerprint density at radius 2 is 2.00 bits per heavy atom. The first-order chi connectivity index (χ1) is 5.44. The van der Waals surface area contributed by atoms with E-state index in [1.54, 1.807) is 0 Å². The maximum Gasteiger partial charge on any atom is 0.376 e. The summed E-state index contributed by atoms with van der Waals surface area (Å²) < 4.78 is 3.80. The largest absolute Gasteiger partial charge is 0.390 e. The number of carbonyl (C=O) groups is 2. The van der Waals surface area contributed by atoms with Crippen molar-refractivity contribution in [3.05, 3.63) is 12.7 Å². The van der Waals surface area contributed by atoms with E-state index < -0.39 is 24.3 Å². The van der Waals surface area contributed by atoms with Crippen LogP contribution in [0, 0.1) is 0 Å². The van der Waals surface area contributed by atoms with Gasteiger partial charge in [0.1, 0.15) is 6.61 Å². The molecule has 0 unspecified atom stereocenters. The predicted octanol–water partition coefficient (Wildman–Crippen LogP) is -2.08. The summed E-state index contributed by atoms with van der Waals surface area (Å²) in [4.78, 5) is 20.8. The maximum absolute atomic E-state index is 10.5. The van der Waals surface area contributed by atoms with Gasteiger partial charge in [-0.25, -0.2) is 9.59 Å². The van der Waals surface area contributed by atoms with Crippen molar-refractivity contribution in [3.8, 4) is 0 Å². The molecular weight excluding hydrogens is 168 g/mol. The molecule has 0 aliphatic heterocycles. The fourth-order valence-corrected chi connectivity index (χ4v) is 0.279. The van der Waals surface area contributed by atoms with Gasteiger partial charge in [0.15, 0.2) is 0 Å². The summed E-state index contributed by atoms with van der Waals surface area (Å²) in [5.74, 6) is -5.81. The van der Waals surface area contributed by atoms with Crippen LogP contribution < -0.4 is 0 Å². The SMILES string of the molecule is C=CC(=O)OC(=O)C(O)(O)CO. The van der Waals surface area contributed by atoms with Gasteiger partial charge >= 0.3 is 11.9 Å². The Morgan fingerprint density at radius 3 is 2.33 bits per heavy atom. The summed E-state index contributed by atoms with van der Waals surface area (Å²) in [5, 5.41) is 25.4. The minimum absolute atomic E-state index is 0.672. The van der Waals surface area contributed by atoms with E-state index in [1.807, 2.05) is 0 Å². The molecular formula is C6H8O6. The molecule has 0 aromatic rings. The Kier molecular flexibility index (Phi) is 3.55. The molecule has 6 nitrogen and oxygen atoms in total. The molecule has 0 aromatic carbocycles. The molecule has 0 radical (unpaired) electrons. The zero-order valence-electron chi connectivity index (χ0n) is 6.06. The first kappa shape index (κ1) is 10.8. The minimum Gasteiger partial charge on any atom is -0.390 e. The van der Waals surface area contributed by atoms with E-state index in [1.165, 1.54) is 0 Å². The van der Waals surface area contributed by atoms with Crippen molar-refractivity contribution >= 4 is 11.9 Å². The van der Waals surface area contributed by atoms with Gasteiger partial charge in [-0.3, -0.25) is 0 Å². The van der Waals surface area contributed by atoms with E-state index in [-0.39, 0.29) is 0 Å². The van der Waals surface area contributed by atoms with Crippen LogP contribution >= 0.6 is 0 Å². The molecule has 0 rings (SSSR count). The third kappa shape index (κ3) is 2.79. The van der Waals surface area contributed by atoms with Crippen LogP contribution in [0.5, 0.6) is 0 Å². The lowest BCUT2D eigenvalue weighted by molar-refractivity contribution is -0.219. The minimum atomic E-state index is -3.04. The second-order valence-corrected chi connectivity index (χ2v) is 1.89. The smallest absolute Gasteiger partial charge is 0.376 e. The average Bonchev–Trinajstić information content (AvgIpc) is 2.04. The van der Waals surface area contributed by atoms with Gasteiger partial charge in [0.25, 0.3) is 5.79 Å². The fourth-order valence-electron chi connectivity index (χ4n) is 0.279. The summed E-state index contributed by atoms with van der Waals surface area (Å²) in [5.41, 5.74) is 0. The third-order valence-electron chi connectivity index (χ3n) is 0.907. The van der Waals surface area contributed by atoms with Crippen LogP contribution in [0.15, 0.2) is 12.7 Å². The molecule has 0 aromatic heterocycles.